The molecule has 5 unspecified atom stereocenters. The summed E-state index contributed by atoms with van der Waals surface area (Å²) >= 11 is 0. The van der Waals surface area contributed by atoms with Gasteiger partial charge in [-0.1, -0.05) is 40.0 Å². The van der Waals surface area contributed by atoms with Crippen LogP contribution in [0.1, 0.15) is 65.7 Å². The molecule has 0 heteroatoms. The van der Waals surface area contributed by atoms with E-state index in [1.165, 1.54) is 37.5 Å². The van der Waals surface area contributed by atoms with Crippen LogP contribution >= 0.6 is 0 Å². The monoisotopic (exact) mass is 234 g/mol. The van der Waals surface area contributed by atoms with Crippen molar-refractivity contribution in [2.75, 3.05) is 0 Å². The molecular weight excluding hydrogens is 204 g/mol. The molecule has 0 N–H and O–H groups in total. The summed E-state index contributed by atoms with van der Waals surface area (Å²) in [5, 5.41) is 0. The van der Waals surface area contributed by atoms with E-state index in [1.54, 1.807) is 19.3 Å². The molecule has 0 aliphatic heterocycles. The lowest BCUT2D eigenvalue weighted by Crippen LogP contribution is -2.15. The zero-order chi connectivity index (χ0) is 12.0. The Balaban J connectivity index is 1.60. The molecule has 6 atom stereocenters. The van der Waals surface area contributed by atoms with Crippen molar-refractivity contribution in [1.82, 2.24) is 0 Å². The van der Waals surface area contributed by atoms with E-state index in [-0.39, 0.29) is 0 Å². The lowest BCUT2D eigenvalue weighted by Gasteiger charge is -2.23. The SMILES string of the molecule is CC[C@H]1CC(C)C(C)C1CC1C2CCCCC21. The molecule has 0 aromatic carbocycles. The first-order valence-corrected chi connectivity index (χ1v) is 8.22. The second kappa shape index (κ2) is 4.59. The molecule has 0 bridgehead atoms. The van der Waals surface area contributed by atoms with Crippen molar-refractivity contribution < 1.29 is 0 Å². The van der Waals surface area contributed by atoms with Gasteiger partial charge in [0.25, 0.3) is 0 Å². The van der Waals surface area contributed by atoms with E-state index < -0.39 is 0 Å². The minimum atomic E-state index is 0.991. The molecule has 3 rings (SSSR count). The first-order chi connectivity index (χ1) is 8.22. The third-order valence-corrected chi connectivity index (χ3v) is 6.76. The topological polar surface area (TPSA) is 0 Å². The Morgan fingerprint density at radius 2 is 1.59 bits per heavy atom. The van der Waals surface area contributed by atoms with Crippen molar-refractivity contribution >= 4 is 0 Å². The molecule has 0 spiro atoms. The Bertz CT molecular complexity index is 257. The van der Waals surface area contributed by atoms with Crippen molar-refractivity contribution in [1.29, 1.82) is 0 Å². The van der Waals surface area contributed by atoms with E-state index in [2.05, 4.69) is 20.8 Å². The predicted molar refractivity (Wildman–Crippen MR) is 73.8 cm³/mol. The van der Waals surface area contributed by atoms with Gasteiger partial charge in [-0.2, -0.15) is 0 Å². The molecule has 0 saturated heterocycles. The fourth-order valence-corrected chi connectivity index (χ4v) is 5.40. The summed E-state index contributed by atoms with van der Waals surface area (Å²) in [6.07, 6.45) is 10.8. The lowest BCUT2D eigenvalue weighted by atomic mass is 9.83. The van der Waals surface area contributed by atoms with Crippen LogP contribution in [0, 0.1) is 41.4 Å². The number of fused-ring (bicyclic) bond motifs is 1. The molecule has 0 heterocycles. The maximum atomic E-state index is 2.54. The van der Waals surface area contributed by atoms with E-state index in [9.17, 15) is 0 Å². The Hall–Kier alpha value is 0. The Labute approximate surface area is 108 Å². The molecule has 3 fully saturated rings. The summed E-state index contributed by atoms with van der Waals surface area (Å²) in [4.78, 5) is 0. The van der Waals surface area contributed by atoms with E-state index in [4.69, 9.17) is 0 Å². The maximum Gasteiger partial charge on any atom is -0.0349 e. The van der Waals surface area contributed by atoms with Gasteiger partial charge in [-0.3, -0.25) is 0 Å². The fraction of sp³-hybridized carbons (Fsp3) is 1.00. The van der Waals surface area contributed by atoms with Gasteiger partial charge in [-0.25, -0.2) is 0 Å². The molecular formula is C17H30. The van der Waals surface area contributed by atoms with Gasteiger partial charge in [0, 0.05) is 0 Å². The number of hydrogen-bond acceptors (Lipinski definition) is 0. The highest BCUT2D eigenvalue weighted by molar-refractivity contribution is 5.01. The van der Waals surface area contributed by atoms with E-state index in [0.29, 0.717) is 0 Å². The summed E-state index contributed by atoms with van der Waals surface area (Å²) in [6.45, 7) is 7.45. The summed E-state index contributed by atoms with van der Waals surface area (Å²) in [7, 11) is 0. The minimum Gasteiger partial charge on any atom is -0.0651 e. The molecule has 17 heavy (non-hydrogen) atoms. The summed E-state index contributed by atoms with van der Waals surface area (Å²) in [5.74, 6) is 7.62. The molecule has 0 aromatic heterocycles. The lowest BCUT2D eigenvalue weighted by molar-refractivity contribution is 0.266. The average molecular weight is 234 g/mol. The molecule has 98 valence electrons. The molecule has 0 radical (unpaired) electrons. The second-order valence-electron chi connectivity index (χ2n) is 7.42. The van der Waals surface area contributed by atoms with Crippen LogP contribution in [0.5, 0.6) is 0 Å². The van der Waals surface area contributed by atoms with Crippen molar-refractivity contribution in [2.24, 2.45) is 41.4 Å². The van der Waals surface area contributed by atoms with Crippen LogP contribution in [0.15, 0.2) is 0 Å². The van der Waals surface area contributed by atoms with Crippen molar-refractivity contribution in [3.63, 3.8) is 0 Å². The Morgan fingerprint density at radius 3 is 2.18 bits per heavy atom. The largest absolute Gasteiger partial charge is 0.0651 e. The summed E-state index contributed by atoms with van der Waals surface area (Å²) in [6, 6.07) is 0. The van der Waals surface area contributed by atoms with Gasteiger partial charge in [-0.05, 0) is 67.1 Å². The van der Waals surface area contributed by atoms with Gasteiger partial charge < -0.3 is 0 Å². The third-order valence-electron chi connectivity index (χ3n) is 6.76. The van der Waals surface area contributed by atoms with Crippen LogP contribution in [-0.4, -0.2) is 0 Å². The second-order valence-corrected chi connectivity index (χ2v) is 7.42. The molecule has 0 nitrogen and oxygen atoms in total. The first kappa shape index (κ1) is 12.1. The molecule has 3 aliphatic rings. The smallest absolute Gasteiger partial charge is 0.0349 e. The van der Waals surface area contributed by atoms with Crippen LogP contribution in [0.3, 0.4) is 0 Å². The maximum absolute atomic E-state index is 2.54. The Kier molecular flexibility index (Phi) is 3.26. The normalized spacial score (nSPS) is 53.5. The molecule has 3 aliphatic carbocycles. The van der Waals surface area contributed by atoms with Crippen LogP contribution in [0.4, 0.5) is 0 Å². The Morgan fingerprint density at radius 1 is 0.941 bits per heavy atom. The quantitative estimate of drug-likeness (QED) is 0.635. The van der Waals surface area contributed by atoms with Gasteiger partial charge in [0.1, 0.15) is 0 Å². The van der Waals surface area contributed by atoms with Gasteiger partial charge in [0.2, 0.25) is 0 Å². The average Bonchev–Trinajstić information content (AvgIpc) is 2.98. The molecule has 0 aromatic rings. The van der Waals surface area contributed by atoms with Crippen LogP contribution < -0.4 is 0 Å². The predicted octanol–water partition coefficient (Wildman–Crippen LogP) is 5.13. The van der Waals surface area contributed by atoms with Gasteiger partial charge in [-0.15, -0.1) is 0 Å². The van der Waals surface area contributed by atoms with Crippen LogP contribution in [0.2, 0.25) is 0 Å². The molecule has 0 amide bonds. The first-order valence-electron chi connectivity index (χ1n) is 8.22. The zero-order valence-electron chi connectivity index (χ0n) is 12.0. The van der Waals surface area contributed by atoms with Crippen molar-refractivity contribution in [2.45, 2.75) is 65.7 Å². The summed E-state index contributed by atoms with van der Waals surface area (Å²) < 4.78 is 0. The number of hydrogen-bond donors (Lipinski definition) is 0. The highest BCUT2D eigenvalue weighted by Crippen LogP contribution is 2.60. The molecule has 3 saturated carbocycles. The van der Waals surface area contributed by atoms with Crippen LogP contribution in [0.25, 0.3) is 0 Å². The third kappa shape index (κ3) is 2.06. The van der Waals surface area contributed by atoms with Gasteiger partial charge in [0.05, 0.1) is 0 Å². The minimum absolute atomic E-state index is 0.991. The van der Waals surface area contributed by atoms with E-state index >= 15 is 0 Å². The summed E-state index contributed by atoms with van der Waals surface area (Å²) in [5.41, 5.74) is 0. The van der Waals surface area contributed by atoms with Gasteiger partial charge >= 0.3 is 0 Å². The standard InChI is InChI=1S/C17H30/c1-4-13-9-11(2)12(3)16(13)10-17-14-7-5-6-8-15(14)17/h11-17H,4-10H2,1-3H3/t11?,12?,13-,14?,15?,16?,17?/m0/s1. The van der Waals surface area contributed by atoms with Gasteiger partial charge in [0.15, 0.2) is 0 Å². The number of rotatable bonds is 3. The van der Waals surface area contributed by atoms with E-state index in [0.717, 1.165) is 29.6 Å². The zero-order valence-corrected chi connectivity index (χ0v) is 12.0. The van der Waals surface area contributed by atoms with Crippen molar-refractivity contribution in [3.8, 4) is 0 Å². The highest BCUT2D eigenvalue weighted by Gasteiger charge is 2.52. The van der Waals surface area contributed by atoms with Crippen LogP contribution in [-0.2, 0) is 0 Å². The highest BCUT2D eigenvalue weighted by atomic mass is 14.6. The van der Waals surface area contributed by atoms with E-state index in [1.807, 2.05) is 0 Å². The fourth-order valence-electron chi connectivity index (χ4n) is 5.40. The van der Waals surface area contributed by atoms with Crippen molar-refractivity contribution in [3.05, 3.63) is 0 Å².